The van der Waals surface area contributed by atoms with E-state index in [0.717, 1.165) is 11.1 Å². The molecule has 0 aliphatic rings. The normalized spacial score (nSPS) is 10.2. The van der Waals surface area contributed by atoms with Crippen LogP contribution in [0.2, 0.25) is 5.02 Å². The first-order valence-electron chi connectivity index (χ1n) is 5.13. The van der Waals surface area contributed by atoms with Gasteiger partial charge in [-0.3, -0.25) is 10.1 Å². The zero-order valence-corrected chi connectivity index (χ0v) is 9.72. The molecule has 86 valence electrons. The molecule has 2 rings (SSSR count). The highest BCUT2D eigenvalue weighted by atomic mass is 35.5. The van der Waals surface area contributed by atoms with Crippen LogP contribution in [0.5, 0.6) is 0 Å². The maximum Gasteiger partial charge on any atom is 0.270 e. The van der Waals surface area contributed by atoms with Crippen LogP contribution in [0.1, 0.15) is 11.1 Å². The van der Waals surface area contributed by atoms with Crippen LogP contribution in [0.3, 0.4) is 0 Å². The predicted molar refractivity (Wildman–Crippen MR) is 67.4 cm³/mol. The molecule has 0 N–H and O–H groups in total. The number of benzene rings is 2. The van der Waals surface area contributed by atoms with E-state index in [4.69, 9.17) is 11.6 Å². The fraction of sp³-hybridized carbons (Fsp3) is 0.0769. The molecule has 3 nitrogen and oxygen atoms in total. The Morgan fingerprint density at radius 3 is 2.41 bits per heavy atom. The molecule has 0 heterocycles. The first-order chi connectivity index (χ1) is 8.16. The fourth-order valence-corrected chi connectivity index (χ4v) is 1.85. The third-order valence-electron chi connectivity index (χ3n) is 2.48. The van der Waals surface area contributed by atoms with Crippen LogP contribution in [0.15, 0.2) is 48.5 Å². The number of rotatable bonds is 3. The Morgan fingerprint density at radius 1 is 1.12 bits per heavy atom. The Morgan fingerprint density at radius 2 is 1.82 bits per heavy atom. The average molecular weight is 248 g/mol. The van der Waals surface area contributed by atoms with E-state index in [1.165, 1.54) is 12.1 Å². The molecule has 0 atom stereocenters. The highest BCUT2D eigenvalue weighted by molar-refractivity contribution is 6.31. The molecular weight excluding hydrogens is 238 g/mol. The zero-order valence-electron chi connectivity index (χ0n) is 8.97. The van der Waals surface area contributed by atoms with Gasteiger partial charge in [-0.05, 0) is 17.5 Å². The summed E-state index contributed by atoms with van der Waals surface area (Å²) in [5.74, 6) is 0. The van der Waals surface area contributed by atoms with Crippen LogP contribution in [-0.2, 0) is 6.42 Å². The van der Waals surface area contributed by atoms with Gasteiger partial charge in [-0.25, -0.2) is 0 Å². The second kappa shape index (κ2) is 4.97. The molecule has 0 aromatic heterocycles. The molecule has 0 saturated carbocycles. The van der Waals surface area contributed by atoms with Gasteiger partial charge in [0, 0.05) is 12.1 Å². The summed E-state index contributed by atoms with van der Waals surface area (Å²) in [6, 6.07) is 14.4. The van der Waals surface area contributed by atoms with E-state index in [-0.39, 0.29) is 5.69 Å². The molecule has 2 aromatic carbocycles. The van der Waals surface area contributed by atoms with Gasteiger partial charge in [0.1, 0.15) is 0 Å². The van der Waals surface area contributed by atoms with Gasteiger partial charge in [0.2, 0.25) is 0 Å². The largest absolute Gasteiger partial charge is 0.270 e. The van der Waals surface area contributed by atoms with Crippen molar-refractivity contribution in [2.45, 2.75) is 6.42 Å². The second-order valence-corrected chi connectivity index (χ2v) is 4.10. The topological polar surface area (TPSA) is 43.1 Å². The molecule has 0 aliphatic heterocycles. The van der Waals surface area contributed by atoms with Gasteiger partial charge in [0.25, 0.3) is 5.69 Å². The van der Waals surface area contributed by atoms with Gasteiger partial charge in [-0.1, -0.05) is 48.0 Å². The van der Waals surface area contributed by atoms with Gasteiger partial charge < -0.3 is 0 Å². The third-order valence-corrected chi connectivity index (χ3v) is 2.84. The maximum absolute atomic E-state index is 10.6. The summed E-state index contributed by atoms with van der Waals surface area (Å²) >= 11 is 6.02. The first-order valence-corrected chi connectivity index (χ1v) is 5.51. The van der Waals surface area contributed by atoms with E-state index < -0.39 is 4.92 Å². The molecule has 0 unspecified atom stereocenters. The van der Waals surface area contributed by atoms with E-state index in [0.29, 0.717) is 11.4 Å². The predicted octanol–water partition coefficient (Wildman–Crippen LogP) is 3.84. The lowest BCUT2D eigenvalue weighted by Gasteiger charge is -2.04. The van der Waals surface area contributed by atoms with Crippen molar-refractivity contribution in [3.63, 3.8) is 0 Å². The summed E-state index contributed by atoms with van der Waals surface area (Å²) in [4.78, 5) is 10.1. The van der Waals surface area contributed by atoms with Gasteiger partial charge in [-0.15, -0.1) is 0 Å². The highest BCUT2D eigenvalue weighted by Gasteiger charge is 2.09. The fourth-order valence-electron chi connectivity index (χ4n) is 1.61. The Hall–Kier alpha value is -1.87. The minimum atomic E-state index is -0.446. The van der Waals surface area contributed by atoms with Crippen molar-refractivity contribution in [1.82, 2.24) is 0 Å². The van der Waals surface area contributed by atoms with Crippen molar-refractivity contribution in [2.24, 2.45) is 0 Å². The Kier molecular flexibility index (Phi) is 3.40. The first kappa shape index (κ1) is 11.6. The van der Waals surface area contributed by atoms with Crippen LogP contribution < -0.4 is 0 Å². The molecular formula is C13H10ClNO2. The third kappa shape index (κ3) is 2.82. The summed E-state index contributed by atoms with van der Waals surface area (Å²) < 4.78 is 0. The van der Waals surface area contributed by atoms with Gasteiger partial charge >= 0.3 is 0 Å². The molecule has 0 amide bonds. The number of hydrogen-bond acceptors (Lipinski definition) is 2. The Balaban J connectivity index is 2.26. The lowest BCUT2D eigenvalue weighted by molar-refractivity contribution is -0.384. The SMILES string of the molecule is O=[N+]([O-])c1ccc(Cc2ccccc2)c(Cl)c1. The van der Waals surface area contributed by atoms with Gasteiger partial charge in [-0.2, -0.15) is 0 Å². The molecule has 0 saturated heterocycles. The van der Waals surface area contributed by atoms with Crippen molar-refractivity contribution in [3.8, 4) is 0 Å². The van der Waals surface area contributed by atoms with Crippen LogP contribution in [0.4, 0.5) is 5.69 Å². The van der Waals surface area contributed by atoms with Gasteiger partial charge in [0.05, 0.1) is 9.95 Å². The summed E-state index contributed by atoms with van der Waals surface area (Å²) in [5, 5.41) is 11.0. The Bertz CT molecular complexity index is 540. The minimum absolute atomic E-state index is 0.0202. The van der Waals surface area contributed by atoms with Crippen molar-refractivity contribution in [2.75, 3.05) is 0 Å². The lowest BCUT2D eigenvalue weighted by atomic mass is 10.0. The molecule has 0 aliphatic carbocycles. The van der Waals surface area contributed by atoms with E-state index in [1.807, 2.05) is 30.3 Å². The smallest absolute Gasteiger partial charge is 0.258 e. The monoisotopic (exact) mass is 247 g/mol. The van der Waals surface area contributed by atoms with Crippen molar-refractivity contribution >= 4 is 17.3 Å². The van der Waals surface area contributed by atoms with Crippen molar-refractivity contribution < 1.29 is 4.92 Å². The molecule has 2 aromatic rings. The maximum atomic E-state index is 10.6. The molecule has 4 heteroatoms. The van der Waals surface area contributed by atoms with E-state index >= 15 is 0 Å². The summed E-state index contributed by atoms with van der Waals surface area (Å²) in [7, 11) is 0. The molecule has 0 bridgehead atoms. The number of hydrogen-bond donors (Lipinski definition) is 0. The number of halogens is 1. The van der Waals surface area contributed by atoms with Crippen molar-refractivity contribution in [1.29, 1.82) is 0 Å². The number of nitro groups is 1. The summed E-state index contributed by atoms with van der Waals surface area (Å²) in [5.41, 5.74) is 2.04. The molecule has 0 fully saturated rings. The summed E-state index contributed by atoms with van der Waals surface area (Å²) in [6.07, 6.45) is 0.678. The van der Waals surface area contributed by atoms with E-state index in [9.17, 15) is 10.1 Å². The van der Waals surface area contributed by atoms with Crippen LogP contribution >= 0.6 is 11.6 Å². The molecule has 17 heavy (non-hydrogen) atoms. The van der Waals surface area contributed by atoms with Crippen LogP contribution in [-0.4, -0.2) is 4.92 Å². The van der Waals surface area contributed by atoms with Crippen molar-refractivity contribution in [3.05, 3.63) is 74.8 Å². The Labute approximate surface area is 104 Å². The quantitative estimate of drug-likeness (QED) is 0.611. The van der Waals surface area contributed by atoms with Gasteiger partial charge in [0.15, 0.2) is 0 Å². The van der Waals surface area contributed by atoms with Crippen LogP contribution in [0.25, 0.3) is 0 Å². The minimum Gasteiger partial charge on any atom is -0.258 e. The average Bonchev–Trinajstić information content (AvgIpc) is 2.33. The molecule has 0 spiro atoms. The van der Waals surface area contributed by atoms with E-state index in [1.54, 1.807) is 6.07 Å². The standard InChI is InChI=1S/C13H10ClNO2/c14-13-9-12(15(16)17)7-6-11(13)8-10-4-2-1-3-5-10/h1-7,9H,8H2. The number of nitrogens with zero attached hydrogens (tertiary/aromatic N) is 1. The van der Waals surface area contributed by atoms with E-state index in [2.05, 4.69) is 0 Å². The van der Waals surface area contributed by atoms with Crippen LogP contribution in [0, 0.1) is 10.1 Å². The highest BCUT2D eigenvalue weighted by Crippen LogP contribution is 2.24. The zero-order chi connectivity index (χ0) is 12.3. The summed E-state index contributed by atoms with van der Waals surface area (Å²) in [6.45, 7) is 0. The number of non-ortho nitro benzene ring substituents is 1. The number of nitro benzene ring substituents is 1. The molecule has 0 radical (unpaired) electrons. The lowest BCUT2D eigenvalue weighted by Crippen LogP contribution is -1.92. The second-order valence-electron chi connectivity index (χ2n) is 3.70.